The molecule has 0 radical (unpaired) electrons. The minimum Gasteiger partial charge on any atom is -0.486 e. The molecule has 0 saturated carbocycles. The lowest BCUT2D eigenvalue weighted by atomic mass is 10.1. The van der Waals surface area contributed by atoms with E-state index in [0.717, 1.165) is 12.1 Å². The fraction of sp³-hybridized carbons (Fsp3) is 0.240. The molecule has 0 spiro atoms. The summed E-state index contributed by atoms with van der Waals surface area (Å²) in [5.41, 5.74) is -0.627. The molecule has 11 heteroatoms. The molecular weight excluding hydrogens is 497 g/mol. The number of carbonyl (C=O) groups excluding carboxylic acids is 1. The highest BCUT2D eigenvalue weighted by molar-refractivity contribution is 7.92. The Balaban J connectivity index is 1.61. The van der Waals surface area contributed by atoms with E-state index in [2.05, 4.69) is 5.32 Å². The predicted octanol–water partition coefficient (Wildman–Crippen LogP) is 4.55. The number of halogens is 3. The van der Waals surface area contributed by atoms with Crippen molar-refractivity contribution in [2.24, 2.45) is 0 Å². The third-order valence-electron chi connectivity index (χ3n) is 5.52. The standard InChI is InChI=1S/C25H23F3N2O5S/c1-17(18-10-11-22-23(14-18)35-13-12-34-22)29-24(31)16-30(36(32,33)21-8-3-2-4-9-21)20-7-5-6-19(15-20)25(26,27)28/h2-11,14-15,17H,12-13,16H2,1H3,(H,29,31). The van der Waals surface area contributed by atoms with Gasteiger partial charge in [-0.05, 0) is 55.0 Å². The Hall–Kier alpha value is -3.73. The van der Waals surface area contributed by atoms with Crippen molar-refractivity contribution >= 4 is 21.6 Å². The van der Waals surface area contributed by atoms with E-state index < -0.39 is 40.3 Å². The van der Waals surface area contributed by atoms with Gasteiger partial charge in [-0.15, -0.1) is 0 Å². The van der Waals surface area contributed by atoms with Crippen LogP contribution in [-0.2, 0) is 21.0 Å². The topological polar surface area (TPSA) is 84.9 Å². The summed E-state index contributed by atoms with van der Waals surface area (Å²) < 4.78 is 78.5. The Kier molecular flexibility index (Phi) is 7.11. The van der Waals surface area contributed by atoms with E-state index in [1.807, 2.05) is 0 Å². The lowest BCUT2D eigenvalue weighted by Crippen LogP contribution is -2.41. The Morgan fingerprint density at radius 1 is 0.972 bits per heavy atom. The smallest absolute Gasteiger partial charge is 0.416 e. The van der Waals surface area contributed by atoms with Gasteiger partial charge in [-0.3, -0.25) is 9.10 Å². The molecule has 1 atom stereocenters. The summed E-state index contributed by atoms with van der Waals surface area (Å²) in [7, 11) is -4.36. The van der Waals surface area contributed by atoms with Gasteiger partial charge in [0.05, 0.1) is 22.2 Å². The number of sulfonamides is 1. The number of alkyl halides is 3. The van der Waals surface area contributed by atoms with E-state index >= 15 is 0 Å². The molecule has 190 valence electrons. The number of carbonyl (C=O) groups is 1. The molecule has 0 aromatic heterocycles. The number of benzene rings is 3. The molecule has 0 bridgehead atoms. The molecule has 3 aromatic carbocycles. The lowest BCUT2D eigenvalue weighted by molar-refractivity contribution is -0.137. The molecule has 3 aromatic rings. The van der Waals surface area contributed by atoms with E-state index in [9.17, 15) is 26.4 Å². The number of hydrogen-bond acceptors (Lipinski definition) is 5. The zero-order valence-electron chi connectivity index (χ0n) is 19.2. The molecule has 0 aliphatic carbocycles. The van der Waals surface area contributed by atoms with E-state index in [1.54, 1.807) is 31.2 Å². The zero-order chi connectivity index (χ0) is 25.9. The number of nitrogens with zero attached hydrogens (tertiary/aromatic N) is 1. The van der Waals surface area contributed by atoms with Crippen LogP contribution in [0.3, 0.4) is 0 Å². The molecule has 1 aliphatic rings. The van der Waals surface area contributed by atoms with Crippen molar-refractivity contribution in [1.29, 1.82) is 0 Å². The van der Waals surface area contributed by atoms with Gasteiger partial charge >= 0.3 is 6.18 Å². The van der Waals surface area contributed by atoms with Crippen LogP contribution in [0, 0.1) is 0 Å². The van der Waals surface area contributed by atoms with Gasteiger partial charge in [-0.25, -0.2) is 8.42 Å². The molecule has 1 unspecified atom stereocenters. The second-order valence-corrected chi connectivity index (χ2v) is 9.93. The summed E-state index contributed by atoms with van der Waals surface area (Å²) in [5.74, 6) is 0.402. The van der Waals surface area contributed by atoms with Crippen LogP contribution in [0.4, 0.5) is 18.9 Å². The van der Waals surface area contributed by atoms with Crippen molar-refractivity contribution < 1.29 is 35.9 Å². The number of anilines is 1. The van der Waals surface area contributed by atoms with Gasteiger partial charge in [0.25, 0.3) is 10.0 Å². The van der Waals surface area contributed by atoms with Crippen molar-refractivity contribution in [3.63, 3.8) is 0 Å². The average Bonchev–Trinajstić information content (AvgIpc) is 2.87. The van der Waals surface area contributed by atoms with Crippen LogP contribution in [0.15, 0.2) is 77.7 Å². The maximum absolute atomic E-state index is 13.4. The van der Waals surface area contributed by atoms with E-state index in [1.165, 1.54) is 30.3 Å². The van der Waals surface area contributed by atoms with Gasteiger partial charge in [-0.1, -0.05) is 30.3 Å². The van der Waals surface area contributed by atoms with E-state index in [0.29, 0.717) is 40.6 Å². The number of fused-ring (bicyclic) bond motifs is 1. The van der Waals surface area contributed by atoms with Crippen LogP contribution in [0.2, 0.25) is 0 Å². The Morgan fingerprint density at radius 3 is 2.36 bits per heavy atom. The van der Waals surface area contributed by atoms with Crippen molar-refractivity contribution in [3.8, 4) is 11.5 Å². The van der Waals surface area contributed by atoms with Crippen LogP contribution in [0.1, 0.15) is 24.1 Å². The number of amides is 1. The van der Waals surface area contributed by atoms with Gasteiger partial charge in [0, 0.05) is 0 Å². The van der Waals surface area contributed by atoms with Crippen molar-refractivity contribution in [2.75, 3.05) is 24.1 Å². The molecule has 36 heavy (non-hydrogen) atoms. The first-order chi connectivity index (χ1) is 17.1. The van der Waals surface area contributed by atoms with Crippen LogP contribution < -0.4 is 19.1 Å². The Labute approximate surface area is 206 Å². The fourth-order valence-corrected chi connectivity index (χ4v) is 5.14. The molecular formula is C25H23F3N2O5S. The number of rotatable bonds is 7. The maximum Gasteiger partial charge on any atom is 0.416 e. The van der Waals surface area contributed by atoms with Gasteiger partial charge in [0.2, 0.25) is 5.91 Å². The highest BCUT2D eigenvalue weighted by Crippen LogP contribution is 2.34. The summed E-state index contributed by atoms with van der Waals surface area (Å²) in [6.07, 6.45) is -4.69. The lowest BCUT2D eigenvalue weighted by Gasteiger charge is -2.26. The quantitative estimate of drug-likeness (QED) is 0.494. The van der Waals surface area contributed by atoms with Crippen molar-refractivity contribution in [2.45, 2.75) is 24.0 Å². The highest BCUT2D eigenvalue weighted by atomic mass is 32.2. The Morgan fingerprint density at radius 2 is 1.67 bits per heavy atom. The molecule has 0 saturated heterocycles. The van der Waals surface area contributed by atoms with Crippen LogP contribution in [0.5, 0.6) is 11.5 Å². The number of nitrogens with one attached hydrogen (secondary N) is 1. The largest absolute Gasteiger partial charge is 0.486 e. The zero-order valence-corrected chi connectivity index (χ0v) is 20.0. The summed E-state index contributed by atoms with van der Waals surface area (Å²) in [4.78, 5) is 12.8. The molecule has 0 fully saturated rings. The molecule has 1 aliphatic heterocycles. The fourth-order valence-electron chi connectivity index (χ4n) is 3.70. The third kappa shape index (κ3) is 5.56. The normalized spacial score (nSPS) is 14.1. The molecule has 4 rings (SSSR count). The molecule has 1 heterocycles. The Bertz CT molecular complexity index is 1350. The highest BCUT2D eigenvalue weighted by Gasteiger charge is 2.33. The van der Waals surface area contributed by atoms with E-state index in [4.69, 9.17) is 9.47 Å². The maximum atomic E-state index is 13.4. The van der Waals surface area contributed by atoms with Gasteiger partial charge in [0.15, 0.2) is 11.5 Å². The van der Waals surface area contributed by atoms with Crippen LogP contribution in [0.25, 0.3) is 0 Å². The number of ether oxygens (including phenoxy) is 2. The third-order valence-corrected chi connectivity index (χ3v) is 7.31. The monoisotopic (exact) mass is 520 g/mol. The molecule has 7 nitrogen and oxygen atoms in total. The first-order valence-corrected chi connectivity index (χ1v) is 12.4. The molecule has 1 amide bonds. The summed E-state index contributed by atoms with van der Waals surface area (Å²) in [5, 5.41) is 2.71. The first kappa shape index (κ1) is 25.4. The van der Waals surface area contributed by atoms with Crippen LogP contribution in [-0.4, -0.2) is 34.1 Å². The van der Waals surface area contributed by atoms with Gasteiger partial charge < -0.3 is 14.8 Å². The average molecular weight is 521 g/mol. The van der Waals surface area contributed by atoms with E-state index in [-0.39, 0.29) is 10.6 Å². The second kappa shape index (κ2) is 10.1. The summed E-state index contributed by atoms with van der Waals surface area (Å²) in [6, 6.07) is 15.7. The second-order valence-electron chi connectivity index (χ2n) is 8.07. The van der Waals surface area contributed by atoms with Crippen molar-refractivity contribution in [3.05, 3.63) is 83.9 Å². The first-order valence-electron chi connectivity index (χ1n) is 11.0. The van der Waals surface area contributed by atoms with Gasteiger partial charge in [0.1, 0.15) is 19.8 Å². The molecule has 1 N–H and O–H groups in total. The SMILES string of the molecule is CC(NC(=O)CN(c1cccc(C(F)(F)F)c1)S(=O)(=O)c1ccccc1)c1ccc2c(c1)OCCO2. The minimum atomic E-state index is -4.69. The van der Waals surface area contributed by atoms with Gasteiger partial charge in [-0.2, -0.15) is 13.2 Å². The van der Waals surface area contributed by atoms with Crippen LogP contribution >= 0.6 is 0 Å². The summed E-state index contributed by atoms with van der Waals surface area (Å²) in [6.45, 7) is 1.79. The number of hydrogen-bond donors (Lipinski definition) is 1. The van der Waals surface area contributed by atoms with Crippen molar-refractivity contribution in [1.82, 2.24) is 5.32 Å². The predicted molar refractivity (Wildman–Crippen MR) is 126 cm³/mol. The summed E-state index contributed by atoms with van der Waals surface area (Å²) >= 11 is 0. The minimum absolute atomic E-state index is 0.157.